The second kappa shape index (κ2) is 5.45. The summed E-state index contributed by atoms with van der Waals surface area (Å²) in [7, 11) is 0. The molecule has 1 aromatic carbocycles. The first kappa shape index (κ1) is 12.9. The zero-order valence-electron chi connectivity index (χ0n) is 9.75. The van der Waals surface area contributed by atoms with Gasteiger partial charge < -0.3 is 5.32 Å². The maximum atomic E-state index is 3.62. The summed E-state index contributed by atoms with van der Waals surface area (Å²) in [6.07, 6.45) is 2.69. The Morgan fingerprint density at radius 3 is 2.78 bits per heavy atom. The van der Waals surface area contributed by atoms with Gasteiger partial charge in [-0.15, -0.1) is 11.3 Å². The van der Waals surface area contributed by atoms with Gasteiger partial charge in [0.1, 0.15) is 0 Å². The van der Waals surface area contributed by atoms with E-state index in [1.165, 1.54) is 28.2 Å². The molecule has 0 aliphatic heterocycles. The van der Waals surface area contributed by atoms with Gasteiger partial charge in [-0.25, -0.2) is 0 Å². The summed E-state index contributed by atoms with van der Waals surface area (Å²) in [5, 5.41) is 3.55. The van der Waals surface area contributed by atoms with Crippen molar-refractivity contribution < 1.29 is 0 Å². The molecular formula is C14H13Br2NS. The van der Waals surface area contributed by atoms with Crippen LogP contribution in [-0.2, 0) is 6.54 Å². The van der Waals surface area contributed by atoms with Gasteiger partial charge in [0.25, 0.3) is 0 Å². The Hall–Kier alpha value is -0.160. The smallest absolute Gasteiger partial charge is 0.0357 e. The van der Waals surface area contributed by atoms with Crippen molar-refractivity contribution in [2.45, 2.75) is 25.4 Å². The normalized spacial score (nSPS) is 15.0. The third-order valence-corrected chi connectivity index (χ3v) is 5.30. The maximum Gasteiger partial charge on any atom is 0.0357 e. The maximum absolute atomic E-state index is 3.62. The Morgan fingerprint density at radius 2 is 2.00 bits per heavy atom. The molecule has 0 amide bonds. The molecule has 2 aromatic rings. The summed E-state index contributed by atoms with van der Waals surface area (Å²) in [4.78, 5) is 2.72. The predicted octanol–water partition coefficient (Wildman–Crippen LogP) is 5.19. The van der Waals surface area contributed by atoms with Gasteiger partial charge in [0.2, 0.25) is 0 Å². The highest BCUT2D eigenvalue weighted by molar-refractivity contribution is 9.11. The van der Waals surface area contributed by atoms with Gasteiger partial charge in [0, 0.05) is 36.8 Å². The molecule has 3 rings (SSSR count). The summed E-state index contributed by atoms with van der Waals surface area (Å²) in [6, 6.07) is 11.5. The molecule has 0 bridgehead atoms. The number of halogens is 2. The van der Waals surface area contributed by atoms with Crippen molar-refractivity contribution in [2.24, 2.45) is 0 Å². The van der Waals surface area contributed by atoms with E-state index in [4.69, 9.17) is 0 Å². The summed E-state index contributed by atoms with van der Waals surface area (Å²) >= 11 is 9.01. The Balaban J connectivity index is 1.80. The summed E-state index contributed by atoms with van der Waals surface area (Å²) < 4.78 is 2.26. The summed E-state index contributed by atoms with van der Waals surface area (Å²) in [5.41, 5.74) is 1.26. The van der Waals surface area contributed by atoms with Crippen LogP contribution in [-0.4, -0.2) is 6.04 Å². The highest BCUT2D eigenvalue weighted by atomic mass is 79.9. The molecule has 4 heteroatoms. The third-order valence-electron chi connectivity index (χ3n) is 3.00. The average Bonchev–Trinajstić information content (AvgIpc) is 3.08. The molecule has 0 spiro atoms. The van der Waals surface area contributed by atoms with Crippen molar-refractivity contribution in [3.05, 3.63) is 44.2 Å². The fraction of sp³-hybridized carbons (Fsp3) is 0.286. The van der Waals surface area contributed by atoms with E-state index in [1.807, 2.05) is 11.3 Å². The molecule has 1 saturated carbocycles. The number of nitrogens with one attached hydrogen (secondary N) is 1. The Kier molecular flexibility index (Phi) is 3.89. The lowest BCUT2D eigenvalue weighted by Gasteiger charge is -2.02. The first-order chi connectivity index (χ1) is 8.72. The summed E-state index contributed by atoms with van der Waals surface area (Å²) in [6.45, 7) is 1.00. The van der Waals surface area contributed by atoms with E-state index in [9.17, 15) is 0 Å². The molecule has 1 fully saturated rings. The molecule has 0 saturated heterocycles. The molecule has 0 atom stereocenters. The zero-order chi connectivity index (χ0) is 12.5. The van der Waals surface area contributed by atoms with Crippen LogP contribution in [0, 0.1) is 0 Å². The van der Waals surface area contributed by atoms with Crippen LogP contribution in [0.3, 0.4) is 0 Å². The molecule has 1 aliphatic carbocycles. The number of rotatable bonds is 4. The Labute approximate surface area is 128 Å². The van der Waals surface area contributed by atoms with Crippen LogP contribution in [0.5, 0.6) is 0 Å². The number of thiophene rings is 1. The van der Waals surface area contributed by atoms with Gasteiger partial charge in [-0.2, -0.15) is 0 Å². The molecule has 0 radical (unpaired) electrons. The largest absolute Gasteiger partial charge is 0.309 e. The average molecular weight is 387 g/mol. The topological polar surface area (TPSA) is 12.0 Å². The minimum atomic E-state index is 0.771. The van der Waals surface area contributed by atoms with E-state index in [2.05, 4.69) is 67.5 Å². The van der Waals surface area contributed by atoms with Crippen molar-refractivity contribution in [1.29, 1.82) is 0 Å². The fourth-order valence-corrected chi connectivity index (χ4v) is 3.78. The molecule has 1 N–H and O–H groups in total. The second-order valence-electron chi connectivity index (χ2n) is 4.55. The van der Waals surface area contributed by atoms with Gasteiger partial charge in [0.15, 0.2) is 0 Å². The van der Waals surface area contributed by atoms with Crippen molar-refractivity contribution in [3.63, 3.8) is 0 Å². The first-order valence-electron chi connectivity index (χ1n) is 6.00. The van der Waals surface area contributed by atoms with Crippen molar-refractivity contribution in [2.75, 3.05) is 0 Å². The van der Waals surface area contributed by atoms with E-state index < -0.39 is 0 Å². The molecule has 94 valence electrons. The van der Waals surface area contributed by atoms with Crippen molar-refractivity contribution in [1.82, 2.24) is 5.32 Å². The van der Waals surface area contributed by atoms with Crippen LogP contribution in [0.25, 0.3) is 10.4 Å². The molecule has 1 aromatic heterocycles. The standard InChI is InChI=1S/C14H13Br2NS/c15-9-1-5-13(16)12(7-9)14-6-4-11(18-14)8-17-10-2-3-10/h1,4-7,10,17H,2-3,8H2. The second-order valence-corrected chi connectivity index (χ2v) is 7.48. The van der Waals surface area contributed by atoms with E-state index >= 15 is 0 Å². The Bertz CT molecular complexity index is 561. The van der Waals surface area contributed by atoms with Gasteiger partial charge in [-0.3, -0.25) is 0 Å². The van der Waals surface area contributed by atoms with Crippen LogP contribution in [0.2, 0.25) is 0 Å². The van der Waals surface area contributed by atoms with Crippen LogP contribution >= 0.6 is 43.2 Å². The SMILES string of the molecule is Brc1ccc(Br)c(-c2ccc(CNC3CC3)s2)c1. The molecular weight excluding hydrogens is 374 g/mol. The molecule has 1 heterocycles. The minimum Gasteiger partial charge on any atom is -0.309 e. The van der Waals surface area contributed by atoms with Gasteiger partial charge in [-0.05, 0) is 43.2 Å². The predicted molar refractivity (Wildman–Crippen MR) is 85.0 cm³/mol. The van der Waals surface area contributed by atoms with Gasteiger partial charge in [0.05, 0.1) is 0 Å². The highest BCUT2D eigenvalue weighted by Crippen LogP contribution is 2.35. The number of benzene rings is 1. The van der Waals surface area contributed by atoms with Gasteiger partial charge >= 0.3 is 0 Å². The Morgan fingerprint density at radius 1 is 1.17 bits per heavy atom. The molecule has 1 nitrogen and oxygen atoms in total. The van der Waals surface area contributed by atoms with Crippen LogP contribution < -0.4 is 5.32 Å². The monoisotopic (exact) mass is 385 g/mol. The molecule has 18 heavy (non-hydrogen) atoms. The molecule has 1 aliphatic rings. The summed E-state index contributed by atoms with van der Waals surface area (Å²) in [5.74, 6) is 0. The quantitative estimate of drug-likeness (QED) is 0.762. The lowest BCUT2D eigenvalue weighted by molar-refractivity contribution is 0.695. The van der Waals surface area contributed by atoms with Crippen LogP contribution in [0.1, 0.15) is 17.7 Å². The van der Waals surface area contributed by atoms with E-state index in [-0.39, 0.29) is 0 Å². The lowest BCUT2D eigenvalue weighted by atomic mass is 10.2. The number of hydrogen-bond acceptors (Lipinski definition) is 2. The lowest BCUT2D eigenvalue weighted by Crippen LogP contribution is -2.14. The molecule has 0 unspecified atom stereocenters. The first-order valence-corrected chi connectivity index (χ1v) is 8.40. The van der Waals surface area contributed by atoms with Crippen LogP contribution in [0.4, 0.5) is 0 Å². The van der Waals surface area contributed by atoms with Crippen molar-refractivity contribution >= 4 is 43.2 Å². The minimum absolute atomic E-state index is 0.771. The van der Waals surface area contributed by atoms with E-state index in [1.54, 1.807) is 0 Å². The highest BCUT2D eigenvalue weighted by Gasteiger charge is 2.20. The van der Waals surface area contributed by atoms with E-state index in [0.717, 1.165) is 21.5 Å². The zero-order valence-corrected chi connectivity index (χ0v) is 13.7. The van der Waals surface area contributed by atoms with E-state index in [0.29, 0.717) is 0 Å². The van der Waals surface area contributed by atoms with Gasteiger partial charge in [-0.1, -0.05) is 31.9 Å². The number of hydrogen-bond donors (Lipinski definition) is 1. The fourth-order valence-electron chi connectivity index (χ4n) is 1.84. The van der Waals surface area contributed by atoms with Crippen LogP contribution in [0.15, 0.2) is 39.3 Å². The third kappa shape index (κ3) is 3.05. The van der Waals surface area contributed by atoms with Crippen molar-refractivity contribution in [3.8, 4) is 10.4 Å².